The zero-order valence-corrected chi connectivity index (χ0v) is 23.3. The van der Waals surface area contributed by atoms with Gasteiger partial charge >= 0.3 is 29.6 Å². The molecule has 0 aliphatic carbocycles. The Hall–Kier alpha value is -0.270. The summed E-state index contributed by atoms with van der Waals surface area (Å²) in [6, 6.07) is 4.78. The minimum atomic E-state index is -4.46. The van der Waals surface area contributed by atoms with Gasteiger partial charge in [-0.2, -0.15) is 0 Å². The summed E-state index contributed by atoms with van der Waals surface area (Å²) >= 11 is 0. The largest absolute Gasteiger partial charge is 1.00 e. The van der Waals surface area contributed by atoms with Gasteiger partial charge in [-0.3, -0.25) is 0 Å². The van der Waals surface area contributed by atoms with Crippen molar-refractivity contribution in [2.45, 2.75) is 127 Å². The van der Waals surface area contributed by atoms with Crippen molar-refractivity contribution in [1.82, 2.24) is 0 Å². The van der Waals surface area contributed by atoms with Crippen LogP contribution in [0.5, 0.6) is 0 Å². The monoisotopic (exact) mass is 474 g/mol. The topological polar surface area (TPSA) is 81.3 Å². The van der Waals surface area contributed by atoms with Crippen molar-refractivity contribution in [1.29, 1.82) is 0 Å². The zero-order valence-electron chi connectivity index (χ0n) is 20.5. The van der Waals surface area contributed by atoms with Gasteiger partial charge in [0.1, 0.15) is 10.1 Å². The van der Waals surface area contributed by atoms with Crippen LogP contribution >= 0.6 is 0 Å². The summed E-state index contributed by atoms with van der Waals surface area (Å²) in [7, 11) is -4.46. The molecule has 1 unspecified atom stereocenters. The molecule has 7 heteroatoms. The molecular weight excluding hydrogens is 431 g/mol. The molecule has 2 N–H and O–H groups in total. The number of hydrogen-bond donors (Lipinski definition) is 2. The van der Waals surface area contributed by atoms with Crippen molar-refractivity contribution in [3.8, 4) is 0 Å². The van der Waals surface area contributed by atoms with E-state index in [9.17, 15) is 13.0 Å². The number of fused-ring (bicyclic) bond motifs is 1. The van der Waals surface area contributed by atoms with Crippen molar-refractivity contribution in [3.05, 3.63) is 18.2 Å². The van der Waals surface area contributed by atoms with Crippen LogP contribution in [0.3, 0.4) is 0 Å². The molecule has 0 aromatic heterocycles. The van der Waals surface area contributed by atoms with Crippen molar-refractivity contribution in [2.24, 2.45) is 0 Å². The summed E-state index contributed by atoms with van der Waals surface area (Å²) < 4.78 is 34.2. The summed E-state index contributed by atoms with van der Waals surface area (Å²) in [6.07, 6.45) is 22.5. The van der Waals surface area contributed by atoms with E-state index >= 15 is 0 Å². The van der Waals surface area contributed by atoms with E-state index in [4.69, 9.17) is 0 Å². The standard InChI is InChI=1S/C25H44N2O3S.Na/c1-2-3-4-5-6-7-8-9-10-11-12-13-14-15-16-17-21-24-26-22-19-18-20-23(25(22)27-24)31(28,29)30;/h18-20,24,26-27H,2-17,21H2,1H3,(H,28,29,30);/q;+1/p-1. The van der Waals surface area contributed by atoms with Crippen molar-refractivity contribution < 1.29 is 42.5 Å². The number of para-hydroxylation sites is 1. The first-order chi connectivity index (χ1) is 15.0. The first kappa shape index (κ1) is 29.8. The summed E-state index contributed by atoms with van der Waals surface area (Å²) in [5, 5.41) is 6.46. The van der Waals surface area contributed by atoms with E-state index in [1.807, 2.05) is 6.07 Å². The van der Waals surface area contributed by atoms with E-state index < -0.39 is 10.1 Å². The molecule has 0 saturated carbocycles. The van der Waals surface area contributed by atoms with Crippen LogP contribution in [0, 0.1) is 0 Å². The fraction of sp³-hybridized carbons (Fsp3) is 0.760. The molecule has 2 rings (SSSR count). The van der Waals surface area contributed by atoms with Crippen molar-refractivity contribution in [2.75, 3.05) is 10.6 Å². The molecule has 1 atom stereocenters. The van der Waals surface area contributed by atoms with Gasteiger partial charge in [0.25, 0.3) is 0 Å². The van der Waals surface area contributed by atoms with E-state index in [2.05, 4.69) is 17.6 Å². The Kier molecular flexibility index (Phi) is 16.0. The molecule has 0 saturated heterocycles. The van der Waals surface area contributed by atoms with Crippen molar-refractivity contribution in [3.63, 3.8) is 0 Å². The van der Waals surface area contributed by atoms with Gasteiger partial charge in [0.2, 0.25) is 0 Å². The molecule has 1 heterocycles. The maximum Gasteiger partial charge on any atom is 1.00 e. The third-order valence-electron chi connectivity index (χ3n) is 6.29. The summed E-state index contributed by atoms with van der Waals surface area (Å²) in [6.45, 7) is 2.27. The van der Waals surface area contributed by atoms with E-state index in [0.29, 0.717) is 11.4 Å². The second-order valence-corrected chi connectivity index (χ2v) is 10.4. The molecule has 1 aromatic rings. The Labute approximate surface area is 219 Å². The number of unbranched alkanes of at least 4 members (excludes halogenated alkanes) is 15. The SMILES string of the molecule is CCCCCCCCCCCCCCCCCCC1Nc2cccc(S(=O)(=O)[O-])c2N1.[Na+]. The fourth-order valence-corrected chi connectivity index (χ4v) is 5.11. The van der Waals surface area contributed by atoms with Gasteiger partial charge < -0.3 is 15.2 Å². The molecule has 0 bridgehead atoms. The Bertz CT molecular complexity index is 728. The van der Waals surface area contributed by atoms with Gasteiger partial charge in [-0.1, -0.05) is 109 Å². The average molecular weight is 475 g/mol. The summed E-state index contributed by atoms with van der Waals surface area (Å²) in [5.41, 5.74) is 1.14. The smallest absolute Gasteiger partial charge is 0.744 e. The van der Waals surface area contributed by atoms with E-state index in [-0.39, 0.29) is 40.6 Å². The van der Waals surface area contributed by atoms with Crippen LogP contribution in [0.4, 0.5) is 11.4 Å². The predicted molar refractivity (Wildman–Crippen MR) is 130 cm³/mol. The minimum Gasteiger partial charge on any atom is -0.744 e. The molecule has 0 radical (unpaired) electrons. The van der Waals surface area contributed by atoms with E-state index in [1.165, 1.54) is 102 Å². The van der Waals surface area contributed by atoms with Crippen LogP contribution in [0.1, 0.15) is 116 Å². The van der Waals surface area contributed by atoms with Crippen LogP contribution in [0.2, 0.25) is 0 Å². The molecule has 178 valence electrons. The van der Waals surface area contributed by atoms with Gasteiger partial charge in [-0.15, -0.1) is 0 Å². The maximum absolute atomic E-state index is 11.4. The van der Waals surface area contributed by atoms with Gasteiger partial charge in [-0.05, 0) is 25.0 Å². The molecule has 32 heavy (non-hydrogen) atoms. The van der Waals surface area contributed by atoms with Crippen LogP contribution in [0.15, 0.2) is 23.1 Å². The molecule has 0 fully saturated rings. The van der Waals surface area contributed by atoms with E-state index in [0.717, 1.165) is 12.8 Å². The molecule has 1 aliphatic heterocycles. The maximum atomic E-state index is 11.4. The third-order valence-corrected chi connectivity index (χ3v) is 7.17. The normalized spacial score (nSPS) is 15.0. The molecule has 0 spiro atoms. The number of nitrogens with one attached hydrogen (secondary N) is 2. The molecular formula is C25H43N2NaO3S. The average Bonchev–Trinajstić information content (AvgIpc) is 3.15. The van der Waals surface area contributed by atoms with Gasteiger partial charge in [0.05, 0.1) is 22.4 Å². The second-order valence-electron chi connectivity index (χ2n) is 9.07. The number of rotatable bonds is 18. The molecule has 1 aromatic carbocycles. The predicted octanol–water partition coefficient (Wildman–Crippen LogP) is 4.41. The fourth-order valence-electron chi connectivity index (χ4n) is 4.45. The number of hydrogen-bond acceptors (Lipinski definition) is 5. The van der Waals surface area contributed by atoms with Crippen LogP contribution in [0.25, 0.3) is 0 Å². The van der Waals surface area contributed by atoms with Gasteiger partial charge in [-0.25, -0.2) is 8.42 Å². The molecule has 1 aliphatic rings. The van der Waals surface area contributed by atoms with Gasteiger partial charge in [0, 0.05) is 0 Å². The Morgan fingerprint density at radius 2 is 1.22 bits per heavy atom. The quantitative estimate of drug-likeness (QED) is 0.187. The summed E-state index contributed by atoms with van der Waals surface area (Å²) in [5.74, 6) is 0. The number of anilines is 2. The van der Waals surface area contributed by atoms with Crippen LogP contribution in [-0.4, -0.2) is 19.1 Å². The van der Waals surface area contributed by atoms with Crippen LogP contribution < -0.4 is 40.2 Å². The minimum absolute atomic E-state index is 0. The van der Waals surface area contributed by atoms with Gasteiger partial charge in [0.15, 0.2) is 0 Å². The first-order valence-electron chi connectivity index (χ1n) is 12.6. The molecule has 5 nitrogen and oxygen atoms in total. The van der Waals surface area contributed by atoms with Crippen LogP contribution in [-0.2, 0) is 10.1 Å². The Morgan fingerprint density at radius 3 is 1.69 bits per heavy atom. The number of benzene rings is 1. The second kappa shape index (κ2) is 17.2. The van der Waals surface area contributed by atoms with E-state index in [1.54, 1.807) is 6.07 Å². The summed E-state index contributed by atoms with van der Waals surface area (Å²) in [4.78, 5) is -0.160. The zero-order chi connectivity index (χ0) is 22.4. The Balaban J connectivity index is 0.00000512. The van der Waals surface area contributed by atoms with Crippen molar-refractivity contribution >= 4 is 21.5 Å². The Morgan fingerprint density at radius 1 is 0.750 bits per heavy atom. The third kappa shape index (κ3) is 11.7. The first-order valence-corrected chi connectivity index (χ1v) is 14.0. The molecule has 0 amide bonds.